The Morgan fingerprint density at radius 3 is 1.78 bits per heavy atom. The molecule has 0 N–H and O–H groups in total. The zero-order valence-electron chi connectivity index (χ0n) is 26.5. The molecule has 0 bridgehead atoms. The van der Waals surface area contributed by atoms with Crippen LogP contribution in [0.4, 0.5) is 17.1 Å². The molecule has 0 radical (unpaired) electrons. The van der Waals surface area contributed by atoms with Crippen molar-refractivity contribution in [2.45, 2.75) is 0 Å². The third kappa shape index (κ3) is 4.51. The highest BCUT2D eigenvalue weighted by atomic mass is 16.3. The molecule has 10 aromatic rings. The van der Waals surface area contributed by atoms with Crippen LogP contribution in [0.3, 0.4) is 0 Å². The van der Waals surface area contributed by atoms with Crippen LogP contribution < -0.4 is 4.90 Å². The summed E-state index contributed by atoms with van der Waals surface area (Å²) in [6, 6.07) is 62.0. The molecule has 0 saturated heterocycles. The summed E-state index contributed by atoms with van der Waals surface area (Å²) in [5, 5.41) is 6.89. The second-order valence-electron chi connectivity index (χ2n) is 12.5. The largest absolute Gasteiger partial charge is 0.456 e. The standard InChI is InChI=1S/C46H29NO2/c1-2-13-34(14-3-1)47(41-18-10-12-30-11-4-5-15-36(30)41)35-24-21-31(22-25-35)40-27-33(29-45-46(40)39-17-7-9-20-43(39)49-45)32-23-26-38-37-16-6-8-19-42(37)48-44(38)28-32/h1-29H. The van der Waals surface area contributed by atoms with Gasteiger partial charge in [0.2, 0.25) is 0 Å². The number of benzene rings is 8. The lowest BCUT2D eigenvalue weighted by Crippen LogP contribution is -2.10. The smallest absolute Gasteiger partial charge is 0.136 e. The van der Waals surface area contributed by atoms with Gasteiger partial charge in [-0.15, -0.1) is 0 Å². The topological polar surface area (TPSA) is 29.5 Å². The van der Waals surface area contributed by atoms with Gasteiger partial charge in [-0.25, -0.2) is 0 Å². The van der Waals surface area contributed by atoms with Crippen LogP contribution in [0.5, 0.6) is 0 Å². The molecule has 0 aliphatic rings. The highest BCUT2D eigenvalue weighted by molar-refractivity contribution is 6.14. The lowest BCUT2D eigenvalue weighted by atomic mass is 9.94. The van der Waals surface area contributed by atoms with Gasteiger partial charge in [-0.05, 0) is 94.4 Å². The van der Waals surface area contributed by atoms with Gasteiger partial charge in [0.1, 0.15) is 22.3 Å². The summed E-state index contributed by atoms with van der Waals surface area (Å²) in [5.74, 6) is 0. The number of rotatable bonds is 5. The molecule has 10 rings (SSSR count). The first-order chi connectivity index (χ1) is 24.3. The molecule has 49 heavy (non-hydrogen) atoms. The number of hydrogen-bond donors (Lipinski definition) is 0. The van der Waals surface area contributed by atoms with Gasteiger partial charge in [-0.3, -0.25) is 0 Å². The first kappa shape index (κ1) is 27.5. The molecule has 0 atom stereocenters. The number of anilines is 3. The molecule has 230 valence electrons. The van der Waals surface area contributed by atoms with Crippen molar-refractivity contribution in [3.05, 3.63) is 176 Å². The molecule has 0 amide bonds. The summed E-state index contributed by atoms with van der Waals surface area (Å²) in [5.41, 5.74) is 11.3. The molecular weight excluding hydrogens is 599 g/mol. The summed E-state index contributed by atoms with van der Waals surface area (Å²) in [6.45, 7) is 0. The van der Waals surface area contributed by atoms with Crippen molar-refractivity contribution in [2.75, 3.05) is 4.90 Å². The Morgan fingerprint density at radius 2 is 0.939 bits per heavy atom. The van der Waals surface area contributed by atoms with E-state index in [1.54, 1.807) is 0 Å². The molecule has 2 heterocycles. The summed E-state index contributed by atoms with van der Waals surface area (Å²) in [6.07, 6.45) is 0. The molecule has 0 aliphatic heterocycles. The highest BCUT2D eigenvalue weighted by Crippen LogP contribution is 2.43. The van der Waals surface area contributed by atoms with Crippen LogP contribution in [0.15, 0.2) is 185 Å². The van der Waals surface area contributed by atoms with E-state index < -0.39 is 0 Å². The lowest BCUT2D eigenvalue weighted by Gasteiger charge is -2.27. The molecule has 0 fully saturated rings. The Morgan fingerprint density at radius 1 is 0.347 bits per heavy atom. The van der Waals surface area contributed by atoms with Crippen LogP contribution in [-0.2, 0) is 0 Å². The van der Waals surface area contributed by atoms with E-state index in [0.717, 1.165) is 83.2 Å². The normalized spacial score (nSPS) is 11.7. The quantitative estimate of drug-likeness (QED) is 0.190. The molecular formula is C46H29NO2. The van der Waals surface area contributed by atoms with Gasteiger partial charge in [0.05, 0.1) is 5.69 Å². The molecule has 8 aromatic carbocycles. The van der Waals surface area contributed by atoms with E-state index in [4.69, 9.17) is 8.83 Å². The van der Waals surface area contributed by atoms with Gasteiger partial charge in [-0.1, -0.05) is 109 Å². The predicted molar refractivity (Wildman–Crippen MR) is 204 cm³/mol. The fourth-order valence-corrected chi connectivity index (χ4v) is 7.35. The van der Waals surface area contributed by atoms with Gasteiger partial charge < -0.3 is 13.7 Å². The molecule has 0 aliphatic carbocycles. The third-order valence-corrected chi connectivity index (χ3v) is 9.65. The Hall–Kier alpha value is -6.58. The maximum absolute atomic E-state index is 6.50. The van der Waals surface area contributed by atoms with E-state index in [9.17, 15) is 0 Å². The average Bonchev–Trinajstić information content (AvgIpc) is 3.73. The fourth-order valence-electron chi connectivity index (χ4n) is 7.35. The first-order valence-electron chi connectivity index (χ1n) is 16.6. The van der Waals surface area contributed by atoms with Gasteiger partial charge >= 0.3 is 0 Å². The maximum atomic E-state index is 6.50. The molecule has 0 saturated carbocycles. The predicted octanol–water partition coefficient (Wildman–Crippen LogP) is 13.4. The van der Waals surface area contributed by atoms with Crippen LogP contribution in [0.1, 0.15) is 0 Å². The minimum Gasteiger partial charge on any atom is -0.456 e. The van der Waals surface area contributed by atoms with E-state index in [2.05, 4.69) is 157 Å². The van der Waals surface area contributed by atoms with Crippen molar-refractivity contribution < 1.29 is 8.83 Å². The monoisotopic (exact) mass is 627 g/mol. The van der Waals surface area contributed by atoms with E-state index in [0.29, 0.717) is 0 Å². The summed E-state index contributed by atoms with van der Waals surface area (Å²) < 4.78 is 12.8. The van der Waals surface area contributed by atoms with Crippen molar-refractivity contribution >= 4 is 71.7 Å². The van der Waals surface area contributed by atoms with Crippen molar-refractivity contribution in [2.24, 2.45) is 0 Å². The van der Waals surface area contributed by atoms with Crippen LogP contribution in [0.25, 0.3) is 76.9 Å². The number of furan rings is 2. The Kier molecular flexibility index (Phi) is 6.18. The zero-order chi connectivity index (χ0) is 32.3. The third-order valence-electron chi connectivity index (χ3n) is 9.65. The average molecular weight is 628 g/mol. The molecule has 0 spiro atoms. The first-order valence-corrected chi connectivity index (χ1v) is 16.6. The maximum Gasteiger partial charge on any atom is 0.136 e. The summed E-state index contributed by atoms with van der Waals surface area (Å²) >= 11 is 0. The fraction of sp³-hybridized carbons (Fsp3) is 0. The second kappa shape index (κ2) is 11.0. The Labute approximate surface area is 282 Å². The van der Waals surface area contributed by atoms with Gasteiger partial charge in [-0.2, -0.15) is 0 Å². The minimum absolute atomic E-state index is 0.865. The molecule has 0 unspecified atom stereocenters. The summed E-state index contributed by atoms with van der Waals surface area (Å²) in [4.78, 5) is 2.34. The van der Waals surface area contributed by atoms with Crippen molar-refractivity contribution in [1.29, 1.82) is 0 Å². The van der Waals surface area contributed by atoms with Crippen LogP contribution in [-0.4, -0.2) is 0 Å². The number of para-hydroxylation sites is 3. The molecule has 3 nitrogen and oxygen atoms in total. The second-order valence-corrected chi connectivity index (χ2v) is 12.5. The SMILES string of the molecule is c1ccc(N(c2ccc(-c3cc(-c4ccc5c(c4)oc4ccccc45)cc4oc5ccccc5c34)cc2)c2cccc3ccccc23)cc1. The van der Waals surface area contributed by atoms with E-state index in [-0.39, 0.29) is 0 Å². The van der Waals surface area contributed by atoms with E-state index >= 15 is 0 Å². The van der Waals surface area contributed by atoms with Crippen molar-refractivity contribution in [3.63, 3.8) is 0 Å². The van der Waals surface area contributed by atoms with Crippen LogP contribution >= 0.6 is 0 Å². The van der Waals surface area contributed by atoms with Crippen LogP contribution in [0, 0.1) is 0 Å². The Balaban J connectivity index is 1.14. The minimum atomic E-state index is 0.865. The van der Waals surface area contributed by atoms with E-state index in [1.165, 1.54) is 10.8 Å². The Bertz CT molecular complexity index is 2820. The zero-order valence-corrected chi connectivity index (χ0v) is 26.5. The van der Waals surface area contributed by atoms with Gasteiger partial charge in [0.25, 0.3) is 0 Å². The van der Waals surface area contributed by atoms with Crippen LogP contribution in [0.2, 0.25) is 0 Å². The highest BCUT2D eigenvalue weighted by Gasteiger charge is 2.18. The number of fused-ring (bicyclic) bond motifs is 7. The molecule has 3 heteroatoms. The summed E-state index contributed by atoms with van der Waals surface area (Å²) in [7, 11) is 0. The van der Waals surface area contributed by atoms with Crippen molar-refractivity contribution in [1.82, 2.24) is 0 Å². The number of hydrogen-bond acceptors (Lipinski definition) is 3. The van der Waals surface area contributed by atoms with Gasteiger partial charge in [0, 0.05) is 38.3 Å². The lowest BCUT2D eigenvalue weighted by molar-refractivity contribution is 0.668. The molecule has 2 aromatic heterocycles. The number of nitrogens with zero attached hydrogens (tertiary/aromatic N) is 1. The van der Waals surface area contributed by atoms with Gasteiger partial charge in [0.15, 0.2) is 0 Å². The van der Waals surface area contributed by atoms with E-state index in [1.807, 2.05) is 24.3 Å². The van der Waals surface area contributed by atoms with Crippen molar-refractivity contribution in [3.8, 4) is 22.3 Å².